The van der Waals surface area contributed by atoms with Gasteiger partial charge in [0.2, 0.25) is 0 Å². The molecule has 0 radical (unpaired) electrons. The summed E-state index contributed by atoms with van der Waals surface area (Å²) in [6.07, 6.45) is 1.02. The second-order valence-electron chi connectivity index (χ2n) is 4.99. The van der Waals surface area contributed by atoms with Crippen molar-refractivity contribution < 1.29 is 0 Å². The highest BCUT2D eigenvalue weighted by Crippen LogP contribution is 2.36. The normalized spacial score (nSPS) is 14.3. The number of aryl methyl sites for hydroxylation is 1. The first-order valence-corrected chi connectivity index (χ1v) is 9.24. The lowest BCUT2D eigenvalue weighted by Crippen LogP contribution is -1.94. The average molecular weight is 334 g/mol. The highest BCUT2D eigenvalue weighted by Gasteiger charge is 2.11. The van der Waals surface area contributed by atoms with Crippen molar-refractivity contribution in [3.63, 3.8) is 0 Å². The van der Waals surface area contributed by atoms with Gasteiger partial charge >= 0.3 is 0 Å². The summed E-state index contributed by atoms with van der Waals surface area (Å²) in [4.78, 5) is 6.03. The lowest BCUT2D eigenvalue weighted by Gasteiger charge is -2.04. The van der Waals surface area contributed by atoms with Crippen LogP contribution in [-0.4, -0.2) is 10.8 Å². The lowest BCUT2D eigenvalue weighted by atomic mass is 10.2. The molecule has 1 nitrogen and oxygen atoms in total. The van der Waals surface area contributed by atoms with Gasteiger partial charge in [-0.3, -0.25) is 0 Å². The summed E-state index contributed by atoms with van der Waals surface area (Å²) in [6, 6.07) is 14.7. The number of benzene rings is 2. The molecule has 0 fully saturated rings. The predicted octanol–water partition coefficient (Wildman–Crippen LogP) is 6.11. The van der Waals surface area contributed by atoms with E-state index < -0.39 is 0 Å². The maximum Gasteiger partial charge on any atom is 0.0789 e. The van der Waals surface area contributed by atoms with Crippen LogP contribution in [0.5, 0.6) is 0 Å². The van der Waals surface area contributed by atoms with Gasteiger partial charge in [0.1, 0.15) is 0 Å². The third-order valence-corrected chi connectivity index (χ3v) is 5.67. The zero-order chi connectivity index (χ0) is 14.7. The maximum absolute atomic E-state index is 6.08. The van der Waals surface area contributed by atoms with Crippen LogP contribution in [0, 0.1) is 6.92 Å². The predicted molar refractivity (Wildman–Crippen MR) is 96.4 cm³/mol. The maximum atomic E-state index is 6.08. The van der Waals surface area contributed by atoms with Crippen molar-refractivity contribution in [3.05, 3.63) is 58.6 Å². The zero-order valence-corrected chi connectivity index (χ0v) is 14.2. The van der Waals surface area contributed by atoms with Gasteiger partial charge < -0.3 is 0 Å². The summed E-state index contributed by atoms with van der Waals surface area (Å²) in [6.45, 7) is 2.12. The van der Waals surface area contributed by atoms with E-state index in [4.69, 9.17) is 16.6 Å². The molecule has 0 aromatic heterocycles. The van der Waals surface area contributed by atoms with Crippen LogP contribution in [0.1, 0.15) is 17.5 Å². The zero-order valence-electron chi connectivity index (χ0n) is 11.8. The Morgan fingerprint density at radius 2 is 2.00 bits per heavy atom. The van der Waals surface area contributed by atoms with Crippen LogP contribution in [0.2, 0.25) is 5.02 Å². The molecule has 2 aromatic rings. The van der Waals surface area contributed by atoms with Gasteiger partial charge in [0.15, 0.2) is 0 Å². The summed E-state index contributed by atoms with van der Waals surface area (Å²) in [5.74, 6) is 2.05. The first-order valence-electron chi connectivity index (χ1n) is 6.89. The van der Waals surface area contributed by atoms with Crippen LogP contribution >= 0.6 is 35.1 Å². The Morgan fingerprint density at radius 3 is 2.81 bits per heavy atom. The molecule has 0 unspecified atom stereocenters. The first-order chi connectivity index (χ1) is 10.2. The van der Waals surface area contributed by atoms with Crippen LogP contribution in [0.15, 0.2) is 52.4 Å². The number of nitrogens with zero attached hydrogens (tertiary/aromatic N) is 1. The largest absolute Gasteiger partial charge is 0.245 e. The molecule has 1 heterocycles. The van der Waals surface area contributed by atoms with Crippen molar-refractivity contribution in [1.29, 1.82) is 0 Å². The Balaban J connectivity index is 1.74. The summed E-state index contributed by atoms with van der Waals surface area (Å²) < 4.78 is 0. The number of hydrogen-bond donors (Lipinski definition) is 0. The van der Waals surface area contributed by atoms with E-state index in [1.165, 1.54) is 21.1 Å². The monoisotopic (exact) mass is 333 g/mol. The van der Waals surface area contributed by atoms with E-state index in [1.54, 1.807) is 0 Å². The Kier molecular flexibility index (Phi) is 4.94. The fraction of sp³-hybridized carbons (Fsp3) is 0.235. The van der Waals surface area contributed by atoms with E-state index in [9.17, 15) is 0 Å². The van der Waals surface area contributed by atoms with E-state index in [1.807, 2.05) is 35.7 Å². The number of fused-ring (bicyclic) bond motifs is 1. The minimum absolute atomic E-state index is 0.753. The highest BCUT2D eigenvalue weighted by molar-refractivity contribution is 8.13. The van der Waals surface area contributed by atoms with Crippen LogP contribution in [0.3, 0.4) is 0 Å². The third kappa shape index (κ3) is 4.06. The van der Waals surface area contributed by atoms with Crippen LogP contribution in [0.4, 0.5) is 5.69 Å². The molecule has 0 aliphatic carbocycles. The highest BCUT2D eigenvalue weighted by atomic mass is 35.5. The van der Waals surface area contributed by atoms with Crippen molar-refractivity contribution >= 4 is 45.9 Å². The van der Waals surface area contributed by atoms with E-state index in [2.05, 4.69) is 37.3 Å². The summed E-state index contributed by atoms with van der Waals surface area (Å²) in [7, 11) is 0. The Bertz CT molecular complexity index is 665. The number of rotatable bonds is 2. The molecule has 0 N–H and O–H groups in total. The van der Waals surface area contributed by atoms with Crippen molar-refractivity contribution in [1.82, 2.24) is 0 Å². The Hall–Kier alpha value is -0.900. The van der Waals surface area contributed by atoms with E-state index in [0.29, 0.717) is 0 Å². The van der Waals surface area contributed by atoms with Gasteiger partial charge in [-0.25, -0.2) is 4.99 Å². The van der Waals surface area contributed by atoms with Crippen LogP contribution < -0.4 is 0 Å². The SMILES string of the molecule is Cc1ccc(CSC2=Nc3cc(Cl)ccc3SCC2)cc1. The molecule has 4 heteroatoms. The Morgan fingerprint density at radius 1 is 1.19 bits per heavy atom. The van der Waals surface area contributed by atoms with E-state index >= 15 is 0 Å². The number of hydrogen-bond acceptors (Lipinski definition) is 3. The fourth-order valence-corrected chi connectivity index (χ4v) is 4.26. The van der Waals surface area contributed by atoms with Gasteiger partial charge in [-0.15, -0.1) is 23.5 Å². The van der Waals surface area contributed by atoms with Crippen LogP contribution in [0.25, 0.3) is 0 Å². The molecule has 2 aromatic carbocycles. The number of halogens is 1. The average Bonchev–Trinajstić information content (AvgIpc) is 2.68. The lowest BCUT2D eigenvalue weighted by molar-refractivity contribution is 1.33. The molecular formula is C17H16ClNS2. The summed E-state index contributed by atoms with van der Waals surface area (Å²) in [5, 5.41) is 1.95. The van der Waals surface area contributed by atoms with Gasteiger partial charge in [-0.1, -0.05) is 41.4 Å². The minimum Gasteiger partial charge on any atom is -0.245 e. The number of aliphatic imine (C=N–C) groups is 1. The standard InChI is InChI=1S/C17H16ClNS2/c1-12-2-4-13(5-3-12)11-21-17-8-9-20-16-7-6-14(18)10-15(16)19-17/h2-7,10H,8-9,11H2,1H3. The molecule has 1 aliphatic heterocycles. The van der Waals surface area contributed by atoms with Gasteiger partial charge in [-0.2, -0.15) is 0 Å². The van der Waals surface area contributed by atoms with Gasteiger partial charge in [0, 0.05) is 27.8 Å². The molecule has 0 atom stereocenters. The van der Waals surface area contributed by atoms with Crippen molar-refractivity contribution in [3.8, 4) is 0 Å². The van der Waals surface area contributed by atoms with Crippen LogP contribution in [-0.2, 0) is 5.75 Å². The molecule has 0 spiro atoms. The molecule has 0 saturated heterocycles. The third-order valence-electron chi connectivity index (χ3n) is 3.27. The molecule has 0 bridgehead atoms. The summed E-state index contributed by atoms with van der Waals surface area (Å²) >= 11 is 9.77. The van der Waals surface area contributed by atoms with Gasteiger partial charge in [-0.05, 0) is 30.7 Å². The molecule has 108 valence electrons. The number of thioether (sulfide) groups is 2. The molecule has 3 rings (SSSR count). The molecule has 1 aliphatic rings. The first kappa shape index (κ1) is 15.0. The second kappa shape index (κ2) is 6.91. The van der Waals surface area contributed by atoms with Crippen molar-refractivity contribution in [2.45, 2.75) is 24.0 Å². The molecule has 0 amide bonds. The van der Waals surface area contributed by atoms with Crippen molar-refractivity contribution in [2.75, 3.05) is 5.75 Å². The molecule has 0 saturated carbocycles. The molecular weight excluding hydrogens is 318 g/mol. The second-order valence-corrected chi connectivity index (χ2v) is 7.61. The van der Waals surface area contributed by atoms with Gasteiger partial charge in [0.25, 0.3) is 0 Å². The van der Waals surface area contributed by atoms with E-state index in [0.717, 1.165) is 28.6 Å². The summed E-state index contributed by atoms with van der Waals surface area (Å²) in [5.41, 5.74) is 3.66. The Labute approximate surface area is 139 Å². The fourth-order valence-electron chi connectivity index (χ4n) is 2.09. The van der Waals surface area contributed by atoms with Crippen molar-refractivity contribution in [2.24, 2.45) is 4.99 Å². The topological polar surface area (TPSA) is 12.4 Å². The molecule has 21 heavy (non-hydrogen) atoms. The smallest absolute Gasteiger partial charge is 0.0789 e. The minimum atomic E-state index is 0.753. The van der Waals surface area contributed by atoms with Gasteiger partial charge in [0.05, 0.1) is 10.7 Å². The van der Waals surface area contributed by atoms with E-state index in [-0.39, 0.29) is 0 Å². The quantitative estimate of drug-likeness (QED) is 0.657.